The SMILES string of the molecule is Cc1cc(Br)ccc1-n1ncc(CNC2CC2)c1C(C)C. The first-order chi connectivity index (χ1) is 10.1. The Kier molecular flexibility index (Phi) is 4.18. The fourth-order valence-electron chi connectivity index (χ4n) is 2.73. The Morgan fingerprint density at radius 1 is 1.38 bits per heavy atom. The minimum absolute atomic E-state index is 0.451. The minimum Gasteiger partial charge on any atom is -0.310 e. The smallest absolute Gasteiger partial charge is 0.0678 e. The Balaban J connectivity index is 1.96. The summed E-state index contributed by atoms with van der Waals surface area (Å²) in [5.74, 6) is 0.451. The normalized spacial score (nSPS) is 14.9. The molecule has 0 saturated heterocycles. The first kappa shape index (κ1) is 14.8. The van der Waals surface area contributed by atoms with E-state index < -0.39 is 0 Å². The minimum atomic E-state index is 0.451. The van der Waals surface area contributed by atoms with Gasteiger partial charge in [0, 0.05) is 22.6 Å². The van der Waals surface area contributed by atoms with Crippen LogP contribution in [0.1, 0.15) is 49.4 Å². The molecule has 3 rings (SSSR count). The second-order valence-electron chi connectivity index (χ2n) is 6.21. The molecule has 0 bridgehead atoms. The first-order valence-corrected chi connectivity index (χ1v) is 8.42. The van der Waals surface area contributed by atoms with Gasteiger partial charge in [0.05, 0.1) is 17.6 Å². The zero-order valence-corrected chi connectivity index (χ0v) is 14.4. The molecule has 1 aliphatic rings. The molecule has 0 unspecified atom stereocenters. The Bertz CT molecular complexity index is 641. The van der Waals surface area contributed by atoms with Gasteiger partial charge in [-0.1, -0.05) is 29.8 Å². The average molecular weight is 348 g/mol. The Labute approximate surface area is 134 Å². The molecule has 1 aliphatic carbocycles. The highest BCUT2D eigenvalue weighted by Gasteiger charge is 2.22. The van der Waals surface area contributed by atoms with E-state index in [-0.39, 0.29) is 0 Å². The number of benzene rings is 1. The molecule has 0 radical (unpaired) electrons. The third-order valence-corrected chi connectivity index (χ3v) is 4.47. The van der Waals surface area contributed by atoms with Crippen LogP contribution in [0, 0.1) is 6.92 Å². The lowest BCUT2D eigenvalue weighted by Gasteiger charge is -2.15. The summed E-state index contributed by atoms with van der Waals surface area (Å²) < 4.78 is 3.22. The van der Waals surface area contributed by atoms with Crippen molar-refractivity contribution in [3.63, 3.8) is 0 Å². The predicted octanol–water partition coefficient (Wildman–Crippen LogP) is 4.32. The summed E-state index contributed by atoms with van der Waals surface area (Å²) in [6, 6.07) is 7.08. The van der Waals surface area contributed by atoms with E-state index in [0.717, 1.165) is 17.1 Å². The highest BCUT2D eigenvalue weighted by molar-refractivity contribution is 9.10. The van der Waals surface area contributed by atoms with Crippen LogP contribution in [0.4, 0.5) is 0 Å². The van der Waals surface area contributed by atoms with Gasteiger partial charge < -0.3 is 5.32 Å². The third kappa shape index (κ3) is 3.22. The summed E-state index contributed by atoms with van der Waals surface area (Å²) in [6.07, 6.45) is 4.65. The highest BCUT2D eigenvalue weighted by Crippen LogP contribution is 2.27. The molecule has 1 fully saturated rings. The number of aryl methyl sites for hydroxylation is 1. The van der Waals surface area contributed by atoms with Crippen LogP contribution in [0.5, 0.6) is 0 Å². The molecule has 1 saturated carbocycles. The number of hydrogen-bond acceptors (Lipinski definition) is 2. The van der Waals surface area contributed by atoms with Crippen molar-refractivity contribution in [2.45, 2.75) is 52.1 Å². The largest absolute Gasteiger partial charge is 0.310 e. The summed E-state index contributed by atoms with van der Waals surface area (Å²) in [4.78, 5) is 0. The Hall–Kier alpha value is -1.13. The number of rotatable bonds is 5. The second-order valence-corrected chi connectivity index (χ2v) is 7.12. The molecule has 1 N–H and O–H groups in total. The van der Waals surface area contributed by atoms with Gasteiger partial charge in [0.25, 0.3) is 0 Å². The lowest BCUT2D eigenvalue weighted by molar-refractivity contribution is 0.665. The fraction of sp³-hybridized carbons (Fsp3) is 0.471. The predicted molar refractivity (Wildman–Crippen MR) is 90.0 cm³/mol. The van der Waals surface area contributed by atoms with Gasteiger partial charge >= 0.3 is 0 Å². The van der Waals surface area contributed by atoms with Gasteiger partial charge in [0.1, 0.15) is 0 Å². The summed E-state index contributed by atoms with van der Waals surface area (Å²) >= 11 is 3.53. The van der Waals surface area contributed by atoms with Crippen LogP contribution in [-0.4, -0.2) is 15.8 Å². The molecule has 0 amide bonds. The van der Waals surface area contributed by atoms with Crippen LogP contribution >= 0.6 is 15.9 Å². The van der Waals surface area contributed by atoms with Crippen molar-refractivity contribution in [2.24, 2.45) is 0 Å². The van der Waals surface area contributed by atoms with Gasteiger partial charge in [0.2, 0.25) is 0 Å². The van der Waals surface area contributed by atoms with Crippen molar-refractivity contribution >= 4 is 15.9 Å². The number of halogens is 1. The van der Waals surface area contributed by atoms with Crippen LogP contribution in [0.25, 0.3) is 5.69 Å². The molecule has 1 aromatic carbocycles. The summed E-state index contributed by atoms with van der Waals surface area (Å²) in [5, 5.41) is 8.25. The first-order valence-electron chi connectivity index (χ1n) is 7.63. The lowest BCUT2D eigenvalue weighted by atomic mass is 10.0. The maximum Gasteiger partial charge on any atom is 0.0678 e. The van der Waals surface area contributed by atoms with E-state index in [4.69, 9.17) is 0 Å². The monoisotopic (exact) mass is 347 g/mol. The molecular weight excluding hydrogens is 326 g/mol. The molecule has 1 heterocycles. The Morgan fingerprint density at radius 3 is 2.76 bits per heavy atom. The molecule has 4 heteroatoms. The van der Waals surface area contributed by atoms with Gasteiger partial charge in [0.15, 0.2) is 0 Å². The van der Waals surface area contributed by atoms with Crippen LogP contribution in [0.15, 0.2) is 28.9 Å². The van der Waals surface area contributed by atoms with E-state index >= 15 is 0 Å². The van der Waals surface area contributed by atoms with E-state index in [2.05, 4.69) is 70.0 Å². The molecule has 1 aromatic heterocycles. The molecule has 2 aromatic rings. The number of nitrogens with one attached hydrogen (secondary N) is 1. The van der Waals surface area contributed by atoms with Crippen molar-refractivity contribution in [3.8, 4) is 5.69 Å². The lowest BCUT2D eigenvalue weighted by Crippen LogP contribution is -2.17. The molecule has 112 valence electrons. The molecular formula is C17H22BrN3. The van der Waals surface area contributed by atoms with Gasteiger partial charge in [-0.2, -0.15) is 5.10 Å². The van der Waals surface area contributed by atoms with Crippen LogP contribution in [-0.2, 0) is 6.54 Å². The van der Waals surface area contributed by atoms with Gasteiger partial charge in [-0.15, -0.1) is 0 Å². The quantitative estimate of drug-likeness (QED) is 0.872. The number of hydrogen-bond donors (Lipinski definition) is 1. The molecule has 3 nitrogen and oxygen atoms in total. The Morgan fingerprint density at radius 2 is 2.14 bits per heavy atom. The molecule has 0 atom stereocenters. The zero-order valence-electron chi connectivity index (χ0n) is 12.9. The average Bonchev–Trinajstić information content (AvgIpc) is 3.15. The van der Waals surface area contributed by atoms with Gasteiger partial charge in [-0.25, -0.2) is 4.68 Å². The van der Waals surface area contributed by atoms with E-state index in [1.807, 2.05) is 6.20 Å². The van der Waals surface area contributed by atoms with Crippen LogP contribution < -0.4 is 5.32 Å². The van der Waals surface area contributed by atoms with E-state index in [1.165, 1.54) is 35.3 Å². The highest BCUT2D eigenvalue weighted by atomic mass is 79.9. The molecule has 21 heavy (non-hydrogen) atoms. The van der Waals surface area contributed by atoms with E-state index in [0.29, 0.717) is 5.92 Å². The third-order valence-electron chi connectivity index (χ3n) is 3.98. The summed E-state index contributed by atoms with van der Waals surface area (Å²) in [5.41, 5.74) is 5.03. The zero-order chi connectivity index (χ0) is 15.0. The number of aromatic nitrogens is 2. The van der Waals surface area contributed by atoms with E-state index in [9.17, 15) is 0 Å². The van der Waals surface area contributed by atoms with Crippen LogP contribution in [0.3, 0.4) is 0 Å². The summed E-state index contributed by atoms with van der Waals surface area (Å²) in [7, 11) is 0. The molecule has 0 spiro atoms. The maximum absolute atomic E-state index is 4.66. The van der Waals surface area contributed by atoms with Crippen molar-refractivity contribution in [2.75, 3.05) is 0 Å². The van der Waals surface area contributed by atoms with Gasteiger partial charge in [-0.05, 0) is 49.4 Å². The second kappa shape index (κ2) is 5.93. The van der Waals surface area contributed by atoms with Crippen molar-refractivity contribution in [3.05, 3.63) is 45.7 Å². The van der Waals surface area contributed by atoms with Crippen LogP contribution in [0.2, 0.25) is 0 Å². The number of nitrogens with zero attached hydrogens (tertiary/aromatic N) is 2. The standard InChI is InChI=1S/C17H22BrN3/c1-11(2)17-13(9-19-15-5-6-15)10-20-21(17)16-7-4-14(18)8-12(16)3/h4,7-8,10-11,15,19H,5-6,9H2,1-3H3. The van der Waals surface area contributed by atoms with E-state index in [1.54, 1.807) is 0 Å². The topological polar surface area (TPSA) is 29.9 Å². The van der Waals surface area contributed by atoms with Crippen molar-refractivity contribution in [1.29, 1.82) is 0 Å². The fourth-order valence-corrected chi connectivity index (χ4v) is 3.21. The maximum atomic E-state index is 4.66. The van der Waals surface area contributed by atoms with Gasteiger partial charge in [-0.3, -0.25) is 0 Å². The molecule has 0 aliphatic heterocycles. The summed E-state index contributed by atoms with van der Waals surface area (Å²) in [6.45, 7) is 7.53. The van der Waals surface area contributed by atoms with Crippen molar-refractivity contribution in [1.82, 2.24) is 15.1 Å². The van der Waals surface area contributed by atoms with Crippen molar-refractivity contribution < 1.29 is 0 Å².